The Hall–Kier alpha value is -2.46. The first kappa shape index (κ1) is 26.6. The monoisotopic (exact) mass is 564 g/mol. The number of likely N-dealkylation sites (tertiary alicyclic amines) is 1. The van der Waals surface area contributed by atoms with E-state index in [1.807, 2.05) is 0 Å². The van der Waals surface area contributed by atoms with Crippen LogP contribution in [0.25, 0.3) is 0 Å². The third-order valence-corrected chi connectivity index (χ3v) is 8.30. The number of amides is 2. The second-order valence-corrected chi connectivity index (χ2v) is 11.0. The molecule has 0 N–H and O–H groups in total. The van der Waals surface area contributed by atoms with Crippen molar-refractivity contribution in [2.45, 2.75) is 30.9 Å². The van der Waals surface area contributed by atoms with Crippen LogP contribution in [-0.4, -0.2) is 57.7 Å². The summed E-state index contributed by atoms with van der Waals surface area (Å²) in [5.41, 5.74) is 0.809. The van der Waals surface area contributed by atoms with E-state index in [2.05, 4.69) is 4.90 Å². The molecule has 0 bridgehead atoms. The Morgan fingerprint density at radius 1 is 0.972 bits per heavy atom. The number of esters is 1. The number of carbonyl (C=O) groups is 4. The Labute approximate surface area is 228 Å². The van der Waals surface area contributed by atoms with Crippen molar-refractivity contribution < 1.29 is 23.9 Å². The lowest BCUT2D eigenvalue weighted by Gasteiger charge is -2.29. The van der Waals surface area contributed by atoms with Crippen LogP contribution in [0.15, 0.2) is 42.5 Å². The number of hydrogen-bond donors (Lipinski definition) is 0. The van der Waals surface area contributed by atoms with Crippen molar-refractivity contribution in [3.8, 4) is 0 Å². The third-order valence-electron chi connectivity index (χ3n) is 5.90. The Kier molecular flexibility index (Phi) is 8.66. The number of ether oxygens (including phenoxy) is 1. The molecular weight excluding hydrogens is 543 g/mol. The molecule has 0 radical (unpaired) electrons. The van der Waals surface area contributed by atoms with Crippen LogP contribution in [-0.2, 0) is 14.3 Å². The Bertz CT molecular complexity index is 1220. The van der Waals surface area contributed by atoms with Gasteiger partial charge in [-0.3, -0.25) is 14.4 Å². The van der Waals surface area contributed by atoms with Gasteiger partial charge in [0, 0.05) is 25.1 Å². The fourth-order valence-corrected chi connectivity index (χ4v) is 5.79. The fraction of sp³-hybridized carbons (Fsp3) is 0.320. The molecule has 2 saturated heterocycles. The summed E-state index contributed by atoms with van der Waals surface area (Å²) >= 11 is 18.5. The van der Waals surface area contributed by atoms with E-state index < -0.39 is 23.6 Å². The van der Waals surface area contributed by atoms with Gasteiger partial charge in [-0.15, -0.1) is 0 Å². The number of nitrogens with zero attached hydrogens (tertiary/aromatic N) is 2. The predicted molar refractivity (Wildman–Crippen MR) is 144 cm³/mol. The Morgan fingerprint density at radius 2 is 1.64 bits per heavy atom. The summed E-state index contributed by atoms with van der Waals surface area (Å²) in [5.74, 6) is -1.79. The lowest BCUT2D eigenvalue weighted by atomic mass is 10.1. The van der Waals surface area contributed by atoms with Crippen molar-refractivity contribution in [2.24, 2.45) is 0 Å². The van der Waals surface area contributed by atoms with Crippen LogP contribution < -0.4 is 4.90 Å². The summed E-state index contributed by atoms with van der Waals surface area (Å²) < 4.78 is 5.76. The normalized spacial score (nSPS) is 17.9. The van der Waals surface area contributed by atoms with E-state index in [1.54, 1.807) is 0 Å². The summed E-state index contributed by atoms with van der Waals surface area (Å²) in [6.45, 7) is 1.28. The Balaban J connectivity index is 1.34. The van der Waals surface area contributed by atoms with Gasteiger partial charge < -0.3 is 9.64 Å². The number of benzene rings is 2. The lowest BCUT2D eigenvalue weighted by molar-refractivity contribution is -0.121. The van der Waals surface area contributed by atoms with E-state index >= 15 is 0 Å². The molecule has 2 aromatic rings. The van der Waals surface area contributed by atoms with Crippen LogP contribution >= 0.6 is 47.2 Å². The number of anilines is 1. The summed E-state index contributed by atoms with van der Waals surface area (Å²) in [4.78, 5) is 53.5. The zero-order valence-electron chi connectivity index (χ0n) is 19.1. The largest absolute Gasteiger partial charge is 0.454 e. The van der Waals surface area contributed by atoms with Crippen molar-refractivity contribution in [1.82, 2.24) is 4.90 Å². The molecule has 0 spiro atoms. The van der Waals surface area contributed by atoms with E-state index in [9.17, 15) is 19.2 Å². The quantitative estimate of drug-likeness (QED) is 0.205. The number of thioether (sulfide) groups is 1. The Morgan fingerprint density at radius 3 is 2.31 bits per heavy atom. The first-order chi connectivity index (χ1) is 17.2. The lowest BCUT2D eigenvalue weighted by Crippen LogP contribution is -2.35. The summed E-state index contributed by atoms with van der Waals surface area (Å²) in [7, 11) is 0. The summed E-state index contributed by atoms with van der Waals surface area (Å²) in [6, 6.07) is 10.3. The van der Waals surface area contributed by atoms with Gasteiger partial charge >= 0.3 is 5.97 Å². The molecule has 2 heterocycles. The van der Waals surface area contributed by atoms with E-state index in [0.29, 0.717) is 15.0 Å². The molecule has 1 unspecified atom stereocenters. The van der Waals surface area contributed by atoms with Crippen LogP contribution in [0.2, 0.25) is 10.0 Å². The van der Waals surface area contributed by atoms with Crippen LogP contribution in [0.3, 0.4) is 0 Å². The van der Waals surface area contributed by atoms with E-state index in [1.165, 1.54) is 60.6 Å². The van der Waals surface area contributed by atoms with Gasteiger partial charge in [-0.05, 0) is 61.7 Å². The molecule has 0 aliphatic carbocycles. The highest BCUT2D eigenvalue weighted by Gasteiger charge is 2.41. The van der Waals surface area contributed by atoms with Crippen molar-refractivity contribution >= 4 is 80.8 Å². The van der Waals surface area contributed by atoms with Crippen molar-refractivity contribution in [3.63, 3.8) is 0 Å². The van der Waals surface area contributed by atoms with Gasteiger partial charge in [0.1, 0.15) is 9.57 Å². The maximum Gasteiger partial charge on any atom is 0.338 e. The molecule has 1 atom stereocenters. The molecule has 7 nitrogen and oxygen atoms in total. The van der Waals surface area contributed by atoms with Crippen LogP contribution in [0, 0.1) is 0 Å². The number of ketones is 1. The molecule has 36 heavy (non-hydrogen) atoms. The molecule has 4 rings (SSSR count). The first-order valence-corrected chi connectivity index (χ1v) is 13.4. The van der Waals surface area contributed by atoms with Crippen LogP contribution in [0.4, 0.5) is 5.69 Å². The smallest absolute Gasteiger partial charge is 0.338 e. The fourth-order valence-electron chi connectivity index (χ4n) is 3.95. The molecule has 2 aromatic carbocycles. The van der Waals surface area contributed by atoms with Gasteiger partial charge in [0.2, 0.25) is 11.8 Å². The minimum absolute atomic E-state index is 0.0676. The van der Waals surface area contributed by atoms with Gasteiger partial charge in [-0.25, -0.2) is 9.69 Å². The van der Waals surface area contributed by atoms with Crippen LogP contribution in [0.1, 0.15) is 46.4 Å². The second-order valence-electron chi connectivity index (χ2n) is 8.37. The average molecular weight is 566 g/mol. The van der Waals surface area contributed by atoms with E-state index in [4.69, 9.17) is 40.2 Å². The zero-order chi connectivity index (χ0) is 25.8. The van der Waals surface area contributed by atoms with Gasteiger partial charge in [0.05, 0.1) is 21.3 Å². The number of piperidine rings is 1. The maximum atomic E-state index is 13.0. The van der Waals surface area contributed by atoms with Gasteiger partial charge in [0.15, 0.2) is 12.4 Å². The second kappa shape index (κ2) is 11.7. The topological polar surface area (TPSA) is 84.0 Å². The number of Topliss-reactive ketones (excluding diaryl/α,β-unsaturated/α-hetero) is 1. The average Bonchev–Trinajstić information content (AvgIpc) is 3.16. The highest BCUT2D eigenvalue weighted by atomic mass is 35.5. The molecule has 2 aliphatic heterocycles. The third kappa shape index (κ3) is 6.08. The number of hydrogen-bond acceptors (Lipinski definition) is 7. The minimum atomic E-state index is -0.714. The van der Waals surface area contributed by atoms with Crippen LogP contribution in [0.5, 0.6) is 0 Å². The number of imide groups is 1. The van der Waals surface area contributed by atoms with E-state index in [-0.39, 0.29) is 34.4 Å². The molecular formula is C25H22Cl2N2O5S2. The molecule has 2 aliphatic rings. The maximum absolute atomic E-state index is 13.0. The van der Waals surface area contributed by atoms with Crippen molar-refractivity contribution in [1.29, 1.82) is 0 Å². The molecule has 2 fully saturated rings. The number of carbonyl (C=O) groups excluding carboxylic acids is 4. The SMILES string of the molecule is O=C(COC(=O)c1ccc(N2C(=O)CC(SC(=S)N3CCCCC3)C2=O)cc1)c1ccc(Cl)c(Cl)c1. The van der Waals surface area contributed by atoms with Crippen molar-refractivity contribution in [2.75, 3.05) is 24.6 Å². The molecule has 2 amide bonds. The van der Waals surface area contributed by atoms with Gasteiger partial charge in [0.25, 0.3) is 0 Å². The molecule has 188 valence electrons. The zero-order valence-corrected chi connectivity index (χ0v) is 22.2. The standard InChI is InChI=1S/C25H22Cl2N2O5S2/c26-18-9-6-16(12-19(18)27)20(30)14-34-24(33)15-4-7-17(8-5-15)29-22(31)13-21(23(29)32)36-25(35)28-10-2-1-3-11-28/h4-9,12,21H,1-3,10-11,13-14H2. The predicted octanol–water partition coefficient (Wildman–Crippen LogP) is 5.17. The number of thiocarbonyl (C=S) groups is 1. The number of halogens is 2. The first-order valence-electron chi connectivity index (χ1n) is 11.3. The van der Waals surface area contributed by atoms with Gasteiger partial charge in [-0.1, -0.05) is 47.2 Å². The molecule has 0 saturated carbocycles. The molecule has 11 heteroatoms. The van der Waals surface area contributed by atoms with Gasteiger partial charge in [-0.2, -0.15) is 0 Å². The van der Waals surface area contributed by atoms with E-state index in [0.717, 1.165) is 30.8 Å². The summed E-state index contributed by atoms with van der Waals surface area (Å²) in [6.07, 6.45) is 3.39. The molecule has 0 aromatic heterocycles. The summed E-state index contributed by atoms with van der Waals surface area (Å²) in [5, 5.41) is -0.0248. The van der Waals surface area contributed by atoms with Crippen molar-refractivity contribution in [3.05, 3.63) is 63.6 Å². The minimum Gasteiger partial charge on any atom is -0.454 e. The highest BCUT2D eigenvalue weighted by Crippen LogP contribution is 2.32. The highest BCUT2D eigenvalue weighted by molar-refractivity contribution is 8.23. The number of rotatable bonds is 6.